The fraction of sp³-hybridized carbons (Fsp3) is 0.133. The molecule has 0 unspecified atom stereocenters. The van der Waals surface area contributed by atoms with E-state index in [2.05, 4.69) is 10.3 Å². The summed E-state index contributed by atoms with van der Waals surface area (Å²) in [6.45, 7) is 3.52. The van der Waals surface area contributed by atoms with Crippen LogP contribution >= 0.6 is 0 Å². The molecule has 0 radical (unpaired) electrons. The predicted molar refractivity (Wildman–Crippen MR) is 77.3 cm³/mol. The summed E-state index contributed by atoms with van der Waals surface area (Å²) >= 11 is 0. The van der Waals surface area contributed by atoms with Crippen molar-refractivity contribution in [3.8, 4) is 0 Å². The smallest absolute Gasteiger partial charge is 0.244 e. The number of anilines is 1. The summed E-state index contributed by atoms with van der Waals surface area (Å²) in [5, 5.41) is 9.68. The first-order valence-corrected chi connectivity index (χ1v) is 6.35. The van der Waals surface area contributed by atoms with E-state index in [0.717, 1.165) is 22.3 Å². The highest BCUT2D eigenvalue weighted by Gasteiger charge is 2.17. The number of rotatable bonds is 2. The summed E-state index contributed by atoms with van der Waals surface area (Å²) < 4.78 is 0. The molecule has 0 atom stereocenters. The van der Waals surface area contributed by atoms with Gasteiger partial charge in [-0.2, -0.15) is 5.01 Å². The first kappa shape index (κ1) is 12.3. The number of nitrogens with zero attached hydrogens (tertiary/aromatic N) is 4. The average molecular weight is 266 g/mol. The number of hydrogen-bond donors (Lipinski definition) is 0. The molecule has 0 saturated heterocycles. The van der Waals surface area contributed by atoms with E-state index in [-0.39, 0.29) is 5.91 Å². The van der Waals surface area contributed by atoms with Crippen molar-refractivity contribution >= 4 is 22.6 Å². The van der Waals surface area contributed by atoms with Gasteiger partial charge >= 0.3 is 0 Å². The fourth-order valence-corrected chi connectivity index (χ4v) is 2.11. The van der Waals surface area contributed by atoms with Crippen LogP contribution in [-0.2, 0) is 4.79 Å². The van der Waals surface area contributed by atoms with Crippen molar-refractivity contribution in [1.29, 1.82) is 0 Å². The number of hydrogen-bond acceptors (Lipinski definition) is 3. The second kappa shape index (κ2) is 4.77. The van der Waals surface area contributed by atoms with Crippen molar-refractivity contribution in [1.82, 2.24) is 15.1 Å². The molecule has 0 aliphatic rings. The predicted octanol–water partition coefficient (Wildman–Crippen LogP) is 2.56. The highest BCUT2D eigenvalue weighted by Crippen LogP contribution is 2.19. The molecule has 2 aromatic carbocycles. The van der Waals surface area contributed by atoms with Gasteiger partial charge in [-0.25, -0.2) is 0 Å². The maximum absolute atomic E-state index is 12.0. The Bertz CT molecular complexity index is 761. The molecule has 20 heavy (non-hydrogen) atoms. The molecule has 1 amide bonds. The molecule has 0 N–H and O–H groups in total. The van der Waals surface area contributed by atoms with Crippen LogP contribution in [0.1, 0.15) is 12.5 Å². The third-order valence-electron chi connectivity index (χ3n) is 3.10. The van der Waals surface area contributed by atoms with Gasteiger partial charge in [-0.15, -0.1) is 9.89 Å². The van der Waals surface area contributed by atoms with Crippen molar-refractivity contribution in [3.05, 3.63) is 54.1 Å². The minimum atomic E-state index is -0.121. The third-order valence-corrected chi connectivity index (χ3v) is 3.10. The summed E-state index contributed by atoms with van der Waals surface area (Å²) in [5.41, 5.74) is 3.45. The molecular formula is C15H14N4O. The molecule has 0 aliphatic carbocycles. The summed E-state index contributed by atoms with van der Waals surface area (Å²) in [7, 11) is 0. The number of benzene rings is 2. The largest absolute Gasteiger partial charge is 0.273 e. The summed E-state index contributed by atoms with van der Waals surface area (Å²) in [4.78, 5) is 13.5. The van der Waals surface area contributed by atoms with E-state index in [9.17, 15) is 4.79 Å². The van der Waals surface area contributed by atoms with Crippen molar-refractivity contribution in [2.24, 2.45) is 0 Å². The summed E-state index contributed by atoms with van der Waals surface area (Å²) in [6.07, 6.45) is 0. The molecule has 5 nitrogen and oxygen atoms in total. The second-order valence-electron chi connectivity index (χ2n) is 4.63. The zero-order valence-corrected chi connectivity index (χ0v) is 11.3. The van der Waals surface area contributed by atoms with Gasteiger partial charge in [0.25, 0.3) is 0 Å². The van der Waals surface area contributed by atoms with Crippen LogP contribution in [0.4, 0.5) is 5.69 Å². The second-order valence-corrected chi connectivity index (χ2v) is 4.63. The number of aryl methyl sites for hydroxylation is 1. The first-order chi connectivity index (χ1) is 9.66. The number of para-hydroxylation sites is 1. The first-order valence-electron chi connectivity index (χ1n) is 6.35. The van der Waals surface area contributed by atoms with E-state index in [1.165, 1.54) is 16.7 Å². The van der Waals surface area contributed by atoms with Crippen LogP contribution in [0, 0.1) is 6.92 Å². The molecule has 0 saturated carbocycles. The molecule has 0 aliphatic heterocycles. The summed E-state index contributed by atoms with van der Waals surface area (Å²) in [5.74, 6) is -0.121. The van der Waals surface area contributed by atoms with Gasteiger partial charge in [-0.1, -0.05) is 29.8 Å². The van der Waals surface area contributed by atoms with E-state index in [1.807, 2.05) is 55.5 Å². The lowest BCUT2D eigenvalue weighted by Crippen LogP contribution is -2.35. The molecule has 3 aromatic rings. The van der Waals surface area contributed by atoms with Gasteiger partial charge in [-0.3, -0.25) is 4.79 Å². The topological polar surface area (TPSA) is 51.0 Å². The molecular weight excluding hydrogens is 252 g/mol. The van der Waals surface area contributed by atoms with Crippen molar-refractivity contribution < 1.29 is 4.79 Å². The SMILES string of the molecule is CC(=O)N(c1ccc(C)cc1)n1nnc2ccccc21. The van der Waals surface area contributed by atoms with E-state index >= 15 is 0 Å². The van der Waals surface area contributed by atoms with Gasteiger partial charge in [-0.05, 0) is 36.4 Å². The molecule has 0 fully saturated rings. The molecule has 1 heterocycles. The van der Waals surface area contributed by atoms with Crippen LogP contribution in [0.25, 0.3) is 11.0 Å². The Labute approximate surface area is 116 Å². The lowest BCUT2D eigenvalue weighted by molar-refractivity contribution is -0.117. The van der Waals surface area contributed by atoms with E-state index < -0.39 is 0 Å². The zero-order valence-electron chi connectivity index (χ0n) is 11.3. The number of carbonyl (C=O) groups excluding carboxylic acids is 1. The van der Waals surface area contributed by atoms with Crippen LogP contribution in [0.3, 0.4) is 0 Å². The van der Waals surface area contributed by atoms with Gasteiger partial charge in [0.1, 0.15) is 11.0 Å². The highest BCUT2D eigenvalue weighted by molar-refractivity contribution is 5.92. The van der Waals surface area contributed by atoms with Crippen molar-refractivity contribution in [2.75, 3.05) is 5.01 Å². The number of carbonyl (C=O) groups is 1. The van der Waals surface area contributed by atoms with Crippen LogP contribution in [0.15, 0.2) is 48.5 Å². The lowest BCUT2D eigenvalue weighted by atomic mass is 10.2. The zero-order chi connectivity index (χ0) is 14.1. The van der Waals surface area contributed by atoms with Crippen LogP contribution < -0.4 is 5.01 Å². The van der Waals surface area contributed by atoms with E-state index in [0.29, 0.717) is 0 Å². The van der Waals surface area contributed by atoms with Crippen molar-refractivity contribution in [3.63, 3.8) is 0 Å². The molecule has 100 valence electrons. The van der Waals surface area contributed by atoms with Crippen LogP contribution in [0.5, 0.6) is 0 Å². The summed E-state index contributed by atoms with van der Waals surface area (Å²) in [6, 6.07) is 15.3. The molecule has 1 aromatic heterocycles. The number of amides is 1. The number of fused-ring (bicyclic) bond motifs is 1. The van der Waals surface area contributed by atoms with Gasteiger partial charge < -0.3 is 0 Å². The average Bonchev–Trinajstić information content (AvgIpc) is 2.85. The van der Waals surface area contributed by atoms with E-state index in [4.69, 9.17) is 0 Å². The van der Waals surface area contributed by atoms with E-state index in [1.54, 1.807) is 0 Å². The van der Waals surface area contributed by atoms with Crippen LogP contribution in [0.2, 0.25) is 0 Å². The monoisotopic (exact) mass is 266 g/mol. The van der Waals surface area contributed by atoms with Gasteiger partial charge in [0, 0.05) is 6.92 Å². The Morgan fingerprint density at radius 2 is 1.80 bits per heavy atom. The normalized spacial score (nSPS) is 10.7. The maximum Gasteiger partial charge on any atom is 0.244 e. The molecule has 0 spiro atoms. The Kier molecular flexibility index (Phi) is 2.95. The Morgan fingerprint density at radius 1 is 1.10 bits per heavy atom. The Balaban J connectivity index is 2.16. The molecule has 5 heteroatoms. The van der Waals surface area contributed by atoms with Gasteiger partial charge in [0.05, 0.1) is 5.69 Å². The molecule has 0 bridgehead atoms. The lowest BCUT2D eigenvalue weighted by Gasteiger charge is -2.20. The third kappa shape index (κ3) is 2.03. The molecule has 3 rings (SSSR count). The maximum atomic E-state index is 12.0. The van der Waals surface area contributed by atoms with Crippen LogP contribution in [-0.4, -0.2) is 21.0 Å². The minimum Gasteiger partial charge on any atom is -0.273 e. The fourth-order valence-electron chi connectivity index (χ4n) is 2.11. The Morgan fingerprint density at radius 3 is 2.50 bits per heavy atom. The highest BCUT2D eigenvalue weighted by atomic mass is 16.2. The quantitative estimate of drug-likeness (QED) is 0.716. The Hall–Kier alpha value is -2.69. The van der Waals surface area contributed by atoms with Gasteiger partial charge in [0.2, 0.25) is 5.91 Å². The number of aromatic nitrogens is 3. The van der Waals surface area contributed by atoms with Crippen molar-refractivity contribution in [2.45, 2.75) is 13.8 Å². The van der Waals surface area contributed by atoms with Gasteiger partial charge in [0.15, 0.2) is 0 Å². The minimum absolute atomic E-state index is 0.121. The standard InChI is InChI=1S/C15H14N4O/c1-11-7-9-13(10-8-11)18(12(2)20)19-15-6-4-3-5-14(15)16-17-19/h3-10H,1-2H3.